The summed E-state index contributed by atoms with van der Waals surface area (Å²) in [4.78, 5) is 12.4. The molecular formula is C20H19N3O3. The lowest BCUT2D eigenvalue weighted by Crippen LogP contribution is -2.15. The summed E-state index contributed by atoms with van der Waals surface area (Å²) in [7, 11) is 0. The number of ether oxygens (including phenoxy) is 2. The monoisotopic (exact) mass is 349 g/mol. The van der Waals surface area contributed by atoms with Gasteiger partial charge in [-0.1, -0.05) is 18.2 Å². The van der Waals surface area contributed by atoms with Gasteiger partial charge in [-0.25, -0.2) is 4.68 Å². The predicted octanol–water partition coefficient (Wildman–Crippen LogP) is 3.29. The molecule has 132 valence electrons. The van der Waals surface area contributed by atoms with Gasteiger partial charge in [-0.2, -0.15) is 5.10 Å². The highest BCUT2D eigenvalue weighted by molar-refractivity contribution is 6.04. The first-order valence-electron chi connectivity index (χ1n) is 8.54. The van der Waals surface area contributed by atoms with Gasteiger partial charge >= 0.3 is 0 Å². The maximum Gasteiger partial charge on any atom is 0.258 e. The van der Waals surface area contributed by atoms with Crippen molar-refractivity contribution in [3.8, 4) is 11.4 Å². The van der Waals surface area contributed by atoms with E-state index in [0.717, 1.165) is 24.5 Å². The first kappa shape index (κ1) is 16.4. The second-order valence-corrected chi connectivity index (χ2v) is 6.09. The molecule has 26 heavy (non-hydrogen) atoms. The molecule has 1 saturated heterocycles. The first-order chi connectivity index (χ1) is 12.8. The van der Waals surface area contributed by atoms with E-state index in [9.17, 15) is 4.79 Å². The van der Waals surface area contributed by atoms with E-state index in [1.165, 1.54) is 0 Å². The number of para-hydroxylation sites is 1. The van der Waals surface area contributed by atoms with Gasteiger partial charge in [0.1, 0.15) is 11.9 Å². The van der Waals surface area contributed by atoms with Gasteiger partial charge in [0.25, 0.3) is 5.91 Å². The fraction of sp³-hybridized carbons (Fsp3) is 0.200. The topological polar surface area (TPSA) is 65.4 Å². The molecule has 3 aromatic rings. The maximum atomic E-state index is 12.4. The van der Waals surface area contributed by atoms with Crippen LogP contribution in [0.25, 0.3) is 5.69 Å². The van der Waals surface area contributed by atoms with Crippen molar-refractivity contribution >= 4 is 11.6 Å². The summed E-state index contributed by atoms with van der Waals surface area (Å²) in [5, 5.41) is 7.12. The number of carbonyl (C=O) groups excluding carboxylic acids is 1. The van der Waals surface area contributed by atoms with Crippen LogP contribution in [0.3, 0.4) is 0 Å². The Balaban J connectivity index is 1.39. The molecule has 1 aliphatic rings. The van der Waals surface area contributed by atoms with Crippen LogP contribution in [-0.2, 0) is 4.74 Å². The van der Waals surface area contributed by atoms with Gasteiger partial charge in [0, 0.05) is 18.3 Å². The molecule has 1 atom stereocenters. The molecule has 1 aliphatic heterocycles. The van der Waals surface area contributed by atoms with Crippen LogP contribution in [0.4, 0.5) is 5.69 Å². The SMILES string of the molecule is O=C(Nc1ccc(OC2CCOC2)cc1)c1cnn(-c2ccccc2)c1. The Bertz CT molecular complexity index is 869. The minimum atomic E-state index is -0.204. The minimum absolute atomic E-state index is 0.110. The summed E-state index contributed by atoms with van der Waals surface area (Å²) in [6.45, 7) is 1.37. The Morgan fingerprint density at radius 3 is 2.69 bits per heavy atom. The van der Waals surface area contributed by atoms with Crippen molar-refractivity contribution in [3.63, 3.8) is 0 Å². The normalized spacial score (nSPS) is 16.4. The summed E-state index contributed by atoms with van der Waals surface area (Å²) in [5.41, 5.74) is 2.11. The molecule has 1 N–H and O–H groups in total. The van der Waals surface area contributed by atoms with Gasteiger partial charge in [-0.3, -0.25) is 4.79 Å². The minimum Gasteiger partial charge on any atom is -0.488 e. The molecule has 6 nitrogen and oxygen atoms in total. The molecule has 1 amide bonds. The lowest BCUT2D eigenvalue weighted by molar-refractivity contribution is 0.102. The van der Waals surface area contributed by atoms with Crippen molar-refractivity contribution in [3.05, 3.63) is 72.6 Å². The van der Waals surface area contributed by atoms with E-state index >= 15 is 0 Å². The maximum absolute atomic E-state index is 12.4. The van der Waals surface area contributed by atoms with Crippen LogP contribution in [0.2, 0.25) is 0 Å². The molecule has 6 heteroatoms. The average molecular weight is 349 g/mol. The zero-order chi connectivity index (χ0) is 17.8. The van der Waals surface area contributed by atoms with Gasteiger partial charge in [-0.15, -0.1) is 0 Å². The zero-order valence-electron chi connectivity index (χ0n) is 14.2. The van der Waals surface area contributed by atoms with Crippen LogP contribution in [0, 0.1) is 0 Å². The number of carbonyl (C=O) groups is 1. The van der Waals surface area contributed by atoms with Crippen molar-refractivity contribution in [2.45, 2.75) is 12.5 Å². The molecule has 1 aromatic heterocycles. The fourth-order valence-corrected chi connectivity index (χ4v) is 2.78. The summed E-state index contributed by atoms with van der Waals surface area (Å²) < 4.78 is 12.8. The highest BCUT2D eigenvalue weighted by atomic mass is 16.5. The molecule has 1 fully saturated rings. The van der Waals surface area contributed by atoms with Gasteiger partial charge < -0.3 is 14.8 Å². The third-order valence-electron chi connectivity index (χ3n) is 4.17. The van der Waals surface area contributed by atoms with Crippen LogP contribution in [0.1, 0.15) is 16.8 Å². The number of nitrogens with one attached hydrogen (secondary N) is 1. The summed E-state index contributed by atoms with van der Waals surface area (Å²) in [6.07, 6.45) is 4.28. The molecule has 2 aromatic carbocycles. The van der Waals surface area contributed by atoms with E-state index in [-0.39, 0.29) is 12.0 Å². The number of aromatic nitrogens is 2. The lowest BCUT2D eigenvalue weighted by Gasteiger charge is -2.12. The van der Waals surface area contributed by atoms with Crippen molar-refractivity contribution in [2.24, 2.45) is 0 Å². The molecular weight excluding hydrogens is 330 g/mol. The Morgan fingerprint density at radius 1 is 1.15 bits per heavy atom. The number of amides is 1. The second-order valence-electron chi connectivity index (χ2n) is 6.09. The van der Waals surface area contributed by atoms with Gasteiger partial charge in [-0.05, 0) is 36.4 Å². The Labute approximate surface area is 151 Å². The molecule has 0 bridgehead atoms. The van der Waals surface area contributed by atoms with E-state index < -0.39 is 0 Å². The number of hydrogen-bond acceptors (Lipinski definition) is 4. The van der Waals surface area contributed by atoms with Crippen LogP contribution >= 0.6 is 0 Å². The van der Waals surface area contributed by atoms with Gasteiger partial charge in [0.15, 0.2) is 0 Å². The van der Waals surface area contributed by atoms with Crippen molar-refractivity contribution < 1.29 is 14.3 Å². The molecule has 4 rings (SSSR count). The highest BCUT2D eigenvalue weighted by Crippen LogP contribution is 2.20. The fourth-order valence-electron chi connectivity index (χ4n) is 2.78. The van der Waals surface area contributed by atoms with E-state index in [1.807, 2.05) is 54.6 Å². The van der Waals surface area contributed by atoms with Crippen LogP contribution in [0.5, 0.6) is 5.75 Å². The number of rotatable bonds is 5. The van der Waals surface area contributed by atoms with Crippen LogP contribution in [0.15, 0.2) is 67.0 Å². The zero-order valence-corrected chi connectivity index (χ0v) is 14.2. The molecule has 2 heterocycles. The molecule has 1 unspecified atom stereocenters. The lowest BCUT2D eigenvalue weighted by atomic mass is 10.2. The third-order valence-corrected chi connectivity index (χ3v) is 4.17. The number of hydrogen-bond donors (Lipinski definition) is 1. The molecule has 0 saturated carbocycles. The average Bonchev–Trinajstić information content (AvgIpc) is 3.36. The summed E-state index contributed by atoms with van der Waals surface area (Å²) in [5.74, 6) is 0.570. The predicted molar refractivity (Wildman–Crippen MR) is 97.8 cm³/mol. The standard InChI is InChI=1S/C20H19N3O3/c24-20(15-12-21-23(13-15)17-4-2-1-3-5-17)22-16-6-8-18(9-7-16)26-19-10-11-25-14-19/h1-9,12-13,19H,10-11,14H2,(H,22,24). The van der Waals surface area contributed by atoms with Gasteiger partial charge in [0.2, 0.25) is 0 Å². The van der Waals surface area contributed by atoms with E-state index in [1.54, 1.807) is 17.1 Å². The van der Waals surface area contributed by atoms with Crippen molar-refractivity contribution in [2.75, 3.05) is 18.5 Å². The van der Waals surface area contributed by atoms with Crippen molar-refractivity contribution in [1.29, 1.82) is 0 Å². The number of benzene rings is 2. The van der Waals surface area contributed by atoms with E-state index in [4.69, 9.17) is 9.47 Å². The third kappa shape index (κ3) is 3.75. The quantitative estimate of drug-likeness (QED) is 0.768. The van der Waals surface area contributed by atoms with Gasteiger partial charge in [0.05, 0.1) is 30.7 Å². The van der Waals surface area contributed by atoms with Crippen molar-refractivity contribution in [1.82, 2.24) is 9.78 Å². The Hall–Kier alpha value is -3.12. The van der Waals surface area contributed by atoms with Crippen LogP contribution < -0.4 is 10.1 Å². The highest BCUT2D eigenvalue weighted by Gasteiger charge is 2.17. The van der Waals surface area contributed by atoms with E-state index in [2.05, 4.69) is 10.4 Å². The Kier molecular flexibility index (Phi) is 4.66. The largest absolute Gasteiger partial charge is 0.488 e. The Morgan fingerprint density at radius 2 is 1.96 bits per heavy atom. The van der Waals surface area contributed by atoms with E-state index in [0.29, 0.717) is 17.9 Å². The molecule has 0 radical (unpaired) electrons. The number of nitrogens with zero attached hydrogens (tertiary/aromatic N) is 2. The second kappa shape index (κ2) is 7.41. The molecule has 0 spiro atoms. The molecule has 0 aliphatic carbocycles. The summed E-state index contributed by atoms with van der Waals surface area (Å²) >= 11 is 0. The number of anilines is 1. The van der Waals surface area contributed by atoms with Crippen LogP contribution in [-0.4, -0.2) is 35.0 Å². The summed E-state index contributed by atoms with van der Waals surface area (Å²) in [6, 6.07) is 17.0. The smallest absolute Gasteiger partial charge is 0.258 e. The first-order valence-corrected chi connectivity index (χ1v) is 8.54.